The zero-order valence-electron chi connectivity index (χ0n) is 13.3. The molecule has 108 valence electrons. The molecule has 1 atom stereocenters. The minimum Gasteiger partial charge on any atom is -0.311 e. The lowest BCUT2D eigenvalue weighted by molar-refractivity contribution is 0.321. The number of rotatable bonds is 5. The van der Waals surface area contributed by atoms with Crippen LogP contribution in [0.4, 0.5) is 0 Å². The topological polar surface area (TPSA) is 12.0 Å². The van der Waals surface area contributed by atoms with Gasteiger partial charge in [0.2, 0.25) is 0 Å². The Bertz CT molecular complexity index is 120. The van der Waals surface area contributed by atoms with E-state index in [-0.39, 0.29) is 1.43 Å². The first-order chi connectivity index (χ1) is 8.36. The van der Waals surface area contributed by atoms with E-state index in [1.54, 1.807) is 0 Å². The molecule has 1 aliphatic rings. The van der Waals surface area contributed by atoms with Crippen LogP contribution in [0, 0.1) is 0 Å². The molecular weight excluding hydrogens is 206 g/mol. The molecule has 0 aromatic rings. The van der Waals surface area contributed by atoms with E-state index in [1.807, 2.05) is 27.7 Å². The summed E-state index contributed by atoms with van der Waals surface area (Å²) < 4.78 is 0. The third kappa shape index (κ3) is 10.8. The Hall–Kier alpha value is -0.0400. The van der Waals surface area contributed by atoms with Crippen molar-refractivity contribution in [2.45, 2.75) is 105 Å². The summed E-state index contributed by atoms with van der Waals surface area (Å²) >= 11 is 0. The van der Waals surface area contributed by atoms with Gasteiger partial charge < -0.3 is 5.32 Å². The average molecular weight is 245 g/mol. The predicted octanol–water partition coefficient (Wildman–Crippen LogP) is 5.79. The molecule has 1 fully saturated rings. The zero-order valence-corrected chi connectivity index (χ0v) is 13.3. The average Bonchev–Trinajstić information content (AvgIpc) is 2.44. The Morgan fingerprint density at radius 2 is 1.53 bits per heavy atom. The van der Waals surface area contributed by atoms with Crippen molar-refractivity contribution in [3.8, 4) is 0 Å². The molecular formula is C16H39N. The highest BCUT2D eigenvalue weighted by atomic mass is 14.9. The van der Waals surface area contributed by atoms with E-state index >= 15 is 0 Å². The first kappa shape index (κ1) is 19.3. The van der Waals surface area contributed by atoms with E-state index in [9.17, 15) is 0 Å². The highest BCUT2D eigenvalue weighted by Crippen LogP contribution is 2.18. The lowest BCUT2D eigenvalue weighted by Crippen LogP contribution is -2.39. The lowest BCUT2D eigenvalue weighted by Gasteiger charge is -2.27. The van der Waals surface area contributed by atoms with Crippen molar-refractivity contribution in [3.63, 3.8) is 0 Å². The van der Waals surface area contributed by atoms with Crippen LogP contribution < -0.4 is 5.32 Å². The predicted molar refractivity (Wildman–Crippen MR) is 83.8 cm³/mol. The van der Waals surface area contributed by atoms with Crippen LogP contribution in [0.25, 0.3) is 0 Å². The number of nitrogens with one attached hydrogen (secondary N) is 1. The maximum atomic E-state index is 3.81. The smallest absolute Gasteiger partial charge is 0.00696 e. The van der Waals surface area contributed by atoms with Gasteiger partial charge in [0.05, 0.1) is 0 Å². The molecule has 1 rings (SSSR count). The summed E-state index contributed by atoms with van der Waals surface area (Å²) in [5.41, 5.74) is 0. The Balaban J connectivity index is -0.000000409. The Morgan fingerprint density at radius 1 is 1.00 bits per heavy atom. The van der Waals surface area contributed by atoms with Gasteiger partial charge in [-0.05, 0) is 25.7 Å². The summed E-state index contributed by atoms with van der Waals surface area (Å²) in [7, 11) is 0. The monoisotopic (exact) mass is 245 g/mol. The van der Waals surface area contributed by atoms with E-state index in [1.165, 1.54) is 51.4 Å². The second kappa shape index (κ2) is 16.0. The molecule has 0 aliphatic heterocycles. The van der Waals surface area contributed by atoms with Gasteiger partial charge in [0, 0.05) is 13.5 Å². The summed E-state index contributed by atoms with van der Waals surface area (Å²) in [6, 6.07) is 1.62. The molecule has 0 saturated heterocycles. The van der Waals surface area contributed by atoms with Crippen molar-refractivity contribution < 1.29 is 1.43 Å². The van der Waals surface area contributed by atoms with Gasteiger partial charge in [-0.15, -0.1) is 0 Å². The SMILES string of the molecule is CC.CC.CCCC(CC)NC1CCCCC1.[HH]. The first-order valence-electron chi connectivity index (χ1n) is 8.12. The molecule has 0 spiro atoms. The minimum atomic E-state index is 0. The Labute approximate surface area is 112 Å². The van der Waals surface area contributed by atoms with Gasteiger partial charge in [0.15, 0.2) is 0 Å². The highest BCUT2D eigenvalue weighted by Gasteiger charge is 2.15. The molecule has 0 heterocycles. The van der Waals surface area contributed by atoms with Crippen LogP contribution in [-0.2, 0) is 0 Å². The molecule has 17 heavy (non-hydrogen) atoms. The zero-order chi connectivity index (χ0) is 13.5. The van der Waals surface area contributed by atoms with E-state index in [4.69, 9.17) is 0 Å². The molecule has 0 aromatic carbocycles. The van der Waals surface area contributed by atoms with Crippen LogP contribution in [0.15, 0.2) is 0 Å². The summed E-state index contributed by atoms with van der Waals surface area (Å²) in [6.07, 6.45) is 11.2. The van der Waals surface area contributed by atoms with Crippen LogP contribution in [0.3, 0.4) is 0 Å². The van der Waals surface area contributed by atoms with Crippen LogP contribution in [0.2, 0.25) is 0 Å². The maximum absolute atomic E-state index is 3.81. The Kier molecular flexibility index (Phi) is 18.1. The van der Waals surface area contributed by atoms with Crippen molar-refractivity contribution in [1.29, 1.82) is 0 Å². The van der Waals surface area contributed by atoms with Crippen LogP contribution >= 0.6 is 0 Å². The van der Waals surface area contributed by atoms with Crippen molar-refractivity contribution >= 4 is 0 Å². The van der Waals surface area contributed by atoms with Crippen LogP contribution in [-0.4, -0.2) is 12.1 Å². The van der Waals surface area contributed by atoms with Crippen molar-refractivity contribution in [1.82, 2.24) is 5.32 Å². The molecule has 1 nitrogen and oxygen atoms in total. The van der Waals surface area contributed by atoms with Crippen molar-refractivity contribution in [2.24, 2.45) is 0 Å². The van der Waals surface area contributed by atoms with Gasteiger partial charge in [-0.3, -0.25) is 0 Å². The number of hydrogen-bond donors (Lipinski definition) is 1. The van der Waals surface area contributed by atoms with Crippen molar-refractivity contribution in [3.05, 3.63) is 0 Å². The van der Waals surface area contributed by atoms with Crippen LogP contribution in [0.5, 0.6) is 0 Å². The Morgan fingerprint density at radius 3 is 1.94 bits per heavy atom. The fourth-order valence-corrected chi connectivity index (χ4v) is 2.36. The van der Waals surface area contributed by atoms with E-state index in [0.29, 0.717) is 0 Å². The van der Waals surface area contributed by atoms with E-state index in [2.05, 4.69) is 19.2 Å². The quantitative estimate of drug-likeness (QED) is 0.647. The summed E-state index contributed by atoms with van der Waals surface area (Å²) in [6.45, 7) is 12.6. The van der Waals surface area contributed by atoms with Gasteiger partial charge >= 0.3 is 0 Å². The largest absolute Gasteiger partial charge is 0.311 e. The molecule has 1 saturated carbocycles. The van der Waals surface area contributed by atoms with E-state index in [0.717, 1.165) is 12.1 Å². The molecule has 0 amide bonds. The minimum absolute atomic E-state index is 0. The fraction of sp³-hybridized carbons (Fsp3) is 1.00. The molecule has 1 aliphatic carbocycles. The summed E-state index contributed by atoms with van der Waals surface area (Å²) in [4.78, 5) is 0. The molecule has 1 unspecified atom stereocenters. The van der Waals surface area contributed by atoms with Crippen LogP contribution in [0.1, 0.15) is 94.3 Å². The number of hydrogen-bond acceptors (Lipinski definition) is 1. The van der Waals surface area contributed by atoms with Gasteiger partial charge in [-0.2, -0.15) is 0 Å². The third-order valence-corrected chi connectivity index (χ3v) is 3.21. The summed E-state index contributed by atoms with van der Waals surface area (Å²) in [5.74, 6) is 0. The fourth-order valence-electron chi connectivity index (χ4n) is 2.36. The van der Waals surface area contributed by atoms with Crippen molar-refractivity contribution in [2.75, 3.05) is 0 Å². The normalized spacial score (nSPS) is 17.3. The highest BCUT2D eigenvalue weighted by molar-refractivity contribution is 4.76. The molecule has 0 radical (unpaired) electrons. The van der Waals surface area contributed by atoms with Gasteiger partial charge in [0.1, 0.15) is 0 Å². The lowest BCUT2D eigenvalue weighted by atomic mass is 9.94. The van der Waals surface area contributed by atoms with Gasteiger partial charge in [-0.25, -0.2) is 0 Å². The second-order valence-electron chi connectivity index (χ2n) is 4.40. The molecule has 1 heteroatoms. The summed E-state index contributed by atoms with van der Waals surface area (Å²) in [5, 5.41) is 3.81. The van der Waals surface area contributed by atoms with Gasteiger partial charge in [0.25, 0.3) is 0 Å². The molecule has 1 N–H and O–H groups in total. The second-order valence-corrected chi connectivity index (χ2v) is 4.40. The molecule has 0 aromatic heterocycles. The van der Waals surface area contributed by atoms with Gasteiger partial charge in [-0.1, -0.05) is 67.2 Å². The maximum Gasteiger partial charge on any atom is 0.00696 e. The third-order valence-electron chi connectivity index (χ3n) is 3.21. The standard InChI is InChI=1S/C12H25N.2C2H6.H2/c1-3-8-11(4-2)13-12-9-6-5-7-10-12;2*1-2;/h11-13H,3-10H2,1-2H3;2*1-2H3;1H. The molecule has 0 bridgehead atoms. The van der Waals surface area contributed by atoms with E-state index < -0.39 is 0 Å². The first-order valence-corrected chi connectivity index (χ1v) is 8.12.